The molecule has 1 rings (SSSR count). The second-order valence-electron chi connectivity index (χ2n) is 5.05. The smallest absolute Gasteiger partial charge is 0.240 e. The van der Waals surface area contributed by atoms with Crippen LogP contribution in [0, 0.1) is 5.92 Å². The number of carbonyl (C=O) groups excluding carboxylic acids is 1. The SMILES string of the molecule is CC=CCS(=O)(=O)[C@@H](C)C(=O)N1CCC(C)CC1. The Balaban J connectivity index is 2.66. The molecule has 1 aliphatic rings. The molecule has 1 fully saturated rings. The van der Waals surface area contributed by atoms with Gasteiger partial charge in [0, 0.05) is 13.1 Å². The van der Waals surface area contributed by atoms with Crippen molar-refractivity contribution >= 4 is 15.7 Å². The number of hydrogen-bond acceptors (Lipinski definition) is 3. The summed E-state index contributed by atoms with van der Waals surface area (Å²) in [7, 11) is -3.36. The lowest BCUT2D eigenvalue weighted by atomic mass is 9.99. The van der Waals surface area contributed by atoms with Gasteiger partial charge in [0.2, 0.25) is 5.91 Å². The van der Waals surface area contributed by atoms with Crippen molar-refractivity contribution in [2.45, 2.75) is 38.9 Å². The lowest BCUT2D eigenvalue weighted by molar-refractivity contribution is -0.131. The van der Waals surface area contributed by atoms with Crippen molar-refractivity contribution in [3.8, 4) is 0 Å². The van der Waals surface area contributed by atoms with Crippen LogP contribution >= 0.6 is 0 Å². The van der Waals surface area contributed by atoms with Crippen molar-refractivity contribution in [1.82, 2.24) is 4.90 Å². The topological polar surface area (TPSA) is 54.5 Å². The number of hydrogen-bond donors (Lipinski definition) is 0. The fraction of sp³-hybridized carbons (Fsp3) is 0.769. The van der Waals surface area contributed by atoms with Crippen molar-refractivity contribution in [3.05, 3.63) is 12.2 Å². The molecular weight excluding hydrogens is 250 g/mol. The van der Waals surface area contributed by atoms with E-state index in [2.05, 4.69) is 6.92 Å². The van der Waals surface area contributed by atoms with E-state index in [1.807, 2.05) is 0 Å². The predicted octanol–water partition coefficient (Wildman–Crippen LogP) is 1.62. The van der Waals surface area contributed by atoms with Crippen LogP contribution in [0.15, 0.2) is 12.2 Å². The van der Waals surface area contributed by atoms with E-state index in [1.165, 1.54) is 6.92 Å². The van der Waals surface area contributed by atoms with E-state index in [1.54, 1.807) is 24.0 Å². The molecule has 1 aliphatic heterocycles. The van der Waals surface area contributed by atoms with Gasteiger partial charge >= 0.3 is 0 Å². The van der Waals surface area contributed by atoms with Crippen LogP contribution in [-0.4, -0.2) is 43.3 Å². The summed E-state index contributed by atoms with van der Waals surface area (Å²) in [5.74, 6) is 0.330. The number of likely N-dealkylation sites (tertiary alicyclic amines) is 1. The van der Waals surface area contributed by atoms with E-state index in [0.29, 0.717) is 19.0 Å². The molecule has 0 aromatic rings. The Hall–Kier alpha value is -0.840. The summed E-state index contributed by atoms with van der Waals surface area (Å²) >= 11 is 0. The van der Waals surface area contributed by atoms with Gasteiger partial charge in [-0.25, -0.2) is 8.42 Å². The zero-order valence-electron chi connectivity index (χ0n) is 11.4. The van der Waals surface area contributed by atoms with E-state index in [9.17, 15) is 13.2 Å². The molecule has 18 heavy (non-hydrogen) atoms. The number of rotatable bonds is 4. The minimum absolute atomic E-state index is 0.0549. The minimum Gasteiger partial charge on any atom is -0.342 e. The molecule has 0 spiro atoms. The van der Waals surface area contributed by atoms with Crippen LogP contribution in [0.2, 0.25) is 0 Å². The lowest BCUT2D eigenvalue weighted by Crippen LogP contribution is -2.45. The molecule has 1 amide bonds. The van der Waals surface area contributed by atoms with Gasteiger partial charge in [0.15, 0.2) is 9.84 Å². The van der Waals surface area contributed by atoms with Gasteiger partial charge < -0.3 is 4.90 Å². The number of piperidine rings is 1. The number of nitrogens with zero attached hydrogens (tertiary/aromatic N) is 1. The van der Waals surface area contributed by atoms with E-state index in [4.69, 9.17) is 0 Å². The Morgan fingerprint density at radius 3 is 2.44 bits per heavy atom. The summed E-state index contributed by atoms with van der Waals surface area (Å²) in [6, 6.07) is 0. The molecule has 5 heteroatoms. The average molecular weight is 273 g/mol. The third kappa shape index (κ3) is 3.83. The Kier molecular flexibility index (Phi) is 5.38. The second kappa shape index (κ2) is 6.36. The number of carbonyl (C=O) groups is 1. The average Bonchev–Trinajstić information content (AvgIpc) is 2.35. The summed E-state index contributed by atoms with van der Waals surface area (Å²) in [4.78, 5) is 13.8. The fourth-order valence-corrected chi connectivity index (χ4v) is 3.22. The Bertz CT molecular complexity index is 406. The van der Waals surface area contributed by atoms with Crippen LogP contribution in [0.5, 0.6) is 0 Å². The van der Waals surface area contributed by atoms with Gasteiger partial charge in [-0.15, -0.1) is 0 Å². The fourth-order valence-electron chi connectivity index (χ4n) is 2.01. The second-order valence-corrected chi connectivity index (χ2v) is 7.41. The van der Waals surface area contributed by atoms with E-state index >= 15 is 0 Å². The highest BCUT2D eigenvalue weighted by molar-refractivity contribution is 7.92. The highest BCUT2D eigenvalue weighted by Gasteiger charge is 2.32. The number of amides is 1. The van der Waals surface area contributed by atoms with Crippen molar-refractivity contribution in [2.24, 2.45) is 5.92 Å². The maximum absolute atomic E-state index is 12.1. The quantitative estimate of drug-likeness (QED) is 0.731. The summed E-state index contributed by atoms with van der Waals surface area (Å²) in [6.07, 6.45) is 5.20. The van der Waals surface area contributed by atoms with Crippen LogP contribution in [0.3, 0.4) is 0 Å². The van der Waals surface area contributed by atoms with Crippen LogP contribution < -0.4 is 0 Å². The van der Waals surface area contributed by atoms with Gasteiger partial charge in [0.25, 0.3) is 0 Å². The standard InChI is InChI=1S/C13H23NO3S/c1-4-5-10-18(16,17)12(3)13(15)14-8-6-11(2)7-9-14/h4-5,11-12H,6-10H2,1-3H3/t12-/m0/s1. The largest absolute Gasteiger partial charge is 0.342 e. The lowest BCUT2D eigenvalue weighted by Gasteiger charge is -2.32. The van der Waals surface area contributed by atoms with Crippen LogP contribution in [0.4, 0.5) is 0 Å². The Morgan fingerprint density at radius 2 is 1.94 bits per heavy atom. The molecule has 1 atom stereocenters. The Labute approximate surface area is 110 Å². The zero-order valence-corrected chi connectivity index (χ0v) is 12.2. The van der Waals surface area contributed by atoms with E-state index in [-0.39, 0.29) is 11.7 Å². The molecular formula is C13H23NO3S. The van der Waals surface area contributed by atoms with Gasteiger partial charge in [0.05, 0.1) is 5.75 Å². The number of sulfone groups is 1. The van der Waals surface area contributed by atoms with Gasteiger partial charge in [-0.05, 0) is 32.6 Å². The molecule has 4 nitrogen and oxygen atoms in total. The highest BCUT2D eigenvalue weighted by atomic mass is 32.2. The first-order chi connectivity index (χ1) is 8.38. The van der Waals surface area contributed by atoms with Crippen molar-refractivity contribution < 1.29 is 13.2 Å². The zero-order chi connectivity index (χ0) is 13.8. The first-order valence-corrected chi connectivity index (χ1v) is 8.21. The summed E-state index contributed by atoms with van der Waals surface area (Å²) in [5, 5.41) is -0.929. The molecule has 0 aliphatic carbocycles. The maximum Gasteiger partial charge on any atom is 0.240 e. The molecule has 0 saturated carbocycles. The predicted molar refractivity (Wildman–Crippen MR) is 73.0 cm³/mol. The normalized spacial score (nSPS) is 20.3. The molecule has 0 N–H and O–H groups in total. The van der Waals surface area contributed by atoms with E-state index in [0.717, 1.165) is 12.8 Å². The summed E-state index contributed by atoms with van der Waals surface area (Å²) < 4.78 is 23.9. The van der Waals surface area contributed by atoms with Gasteiger partial charge in [0.1, 0.15) is 5.25 Å². The van der Waals surface area contributed by atoms with E-state index < -0.39 is 15.1 Å². The van der Waals surface area contributed by atoms with Gasteiger partial charge in [-0.2, -0.15) is 0 Å². The summed E-state index contributed by atoms with van der Waals surface area (Å²) in [6.45, 7) is 6.80. The van der Waals surface area contributed by atoms with Crippen LogP contribution in [-0.2, 0) is 14.6 Å². The molecule has 0 aromatic carbocycles. The Morgan fingerprint density at radius 1 is 1.39 bits per heavy atom. The van der Waals surface area contributed by atoms with Crippen molar-refractivity contribution in [3.63, 3.8) is 0 Å². The van der Waals surface area contributed by atoms with Gasteiger partial charge in [-0.1, -0.05) is 19.1 Å². The first-order valence-electron chi connectivity index (χ1n) is 6.50. The first kappa shape index (κ1) is 15.2. The van der Waals surface area contributed by atoms with Crippen LogP contribution in [0.25, 0.3) is 0 Å². The molecule has 0 radical (unpaired) electrons. The molecule has 1 heterocycles. The molecule has 0 bridgehead atoms. The van der Waals surface area contributed by atoms with Gasteiger partial charge in [-0.3, -0.25) is 4.79 Å². The third-order valence-electron chi connectivity index (χ3n) is 3.55. The monoisotopic (exact) mass is 273 g/mol. The molecule has 104 valence electrons. The van der Waals surface area contributed by atoms with Crippen molar-refractivity contribution in [1.29, 1.82) is 0 Å². The molecule has 1 saturated heterocycles. The maximum atomic E-state index is 12.1. The third-order valence-corrected chi connectivity index (χ3v) is 5.48. The van der Waals surface area contributed by atoms with Crippen LogP contribution in [0.1, 0.15) is 33.6 Å². The minimum atomic E-state index is -3.36. The van der Waals surface area contributed by atoms with Crippen molar-refractivity contribution in [2.75, 3.05) is 18.8 Å². The number of allylic oxidation sites excluding steroid dienone is 1. The molecule has 0 aromatic heterocycles. The summed E-state index contributed by atoms with van der Waals surface area (Å²) in [5.41, 5.74) is 0. The molecule has 0 unspecified atom stereocenters. The highest BCUT2D eigenvalue weighted by Crippen LogP contribution is 2.18.